The quantitative estimate of drug-likeness (QED) is 0.623. The Balaban J connectivity index is 2.64. The van der Waals surface area contributed by atoms with Crippen LogP contribution in [-0.4, -0.2) is 35.2 Å². The van der Waals surface area contributed by atoms with Crippen molar-refractivity contribution < 1.29 is 19.4 Å². The SMILES string of the molecule is CC(=O)N[C@H](C(=O)O)[C@H]1C=C[C@H](C)O1. The van der Waals surface area contributed by atoms with E-state index < -0.39 is 18.1 Å². The predicted molar refractivity (Wildman–Crippen MR) is 48.7 cm³/mol. The molecular formula is C9H13NO4. The van der Waals surface area contributed by atoms with Gasteiger partial charge in [-0.25, -0.2) is 4.79 Å². The minimum absolute atomic E-state index is 0.101. The number of amides is 1. The summed E-state index contributed by atoms with van der Waals surface area (Å²) in [5, 5.41) is 11.2. The van der Waals surface area contributed by atoms with Crippen LogP contribution in [0.5, 0.6) is 0 Å². The van der Waals surface area contributed by atoms with Gasteiger partial charge in [-0.3, -0.25) is 4.79 Å². The fourth-order valence-corrected chi connectivity index (χ4v) is 1.30. The van der Waals surface area contributed by atoms with Crippen molar-refractivity contribution in [2.45, 2.75) is 32.1 Å². The average Bonchev–Trinajstić information content (AvgIpc) is 2.46. The minimum Gasteiger partial charge on any atom is -0.480 e. The molecule has 0 aromatic carbocycles. The van der Waals surface area contributed by atoms with Crippen molar-refractivity contribution in [1.29, 1.82) is 0 Å². The monoisotopic (exact) mass is 199 g/mol. The Labute approximate surface area is 81.7 Å². The van der Waals surface area contributed by atoms with E-state index in [9.17, 15) is 9.59 Å². The summed E-state index contributed by atoms with van der Waals surface area (Å²) in [6.07, 6.45) is 2.74. The molecule has 0 aromatic heterocycles. The van der Waals surface area contributed by atoms with Gasteiger partial charge in [-0.05, 0) is 6.92 Å². The van der Waals surface area contributed by atoms with Gasteiger partial charge >= 0.3 is 5.97 Å². The van der Waals surface area contributed by atoms with Crippen molar-refractivity contribution in [3.05, 3.63) is 12.2 Å². The fourth-order valence-electron chi connectivity index (χ4n) is 1.30. The maximum atomic E-state index is 10.8. The van der Waals surface area contributed by atoms with Crippen molar-refractivity contribution in [2.75, 3.05) is 0 Å². The van der Waals surface area contributed by atoms with E-state index >= 15 is 0 Å². The van der Waals surface area contributed by atoms with Gasteiger partial charge in [-0.15, -0.1) is 0 Å². The molecule has 14 heavy (non-hydrogen) atoms. The lowest BCUT2D eigenvalue weighted by Gasteiger charge is -2.19. The van der Waals surface area contributed by atoms with Gasteiger partial charge < -0.3 is 15.2 Å². The van der Waals surface area contributed by atoms with E-state index in [4.69, 9.17) is 9.84 Å². The first-order valence-electron chi connectivity index (χ1n) is 4.34. The van der Waals surface area contributed by atoms with Gasteiger partial charge in [-0.2, -0.15) is 0 Å². The Kier molecular flexibility index (Phi) is 3.24. The first-order valence-corrected chi connectivity index (χ1v) is 4.34. The highest BCUT2D eigenvalue weighted by atomic mass is 16.5. The van der Waals surface area contributed by atoms with Gasteiger partial charge in [0.2, 0.25) is 5.91 Å². The number of carbonyl (C=O) groups excluding carboxylic acids is 1. The number of hydrogen-bond donors (Lipinski definition) is 2. The van der Waals surface area contributed by atoms with Crippen LogP contribution in [0.2, 0.25) is 0 Å². The van der Waals surface area contributed by atoms with Crippen LogP contribution in [0.3, 0.4) is 0 Å². The maximum absolute atomic E-state index is 10.8. The molecule has 3 atom stereocenters. The molecule has 5 nitrogen and oxygen atoms in total. The smallest absolute Gasteiger partial charge is 0.329 e. The largest absolute Gasteiger partial charge is 0.480 e. The zero-order valence-corrected chi connectivity index (χ0v) is 8.06. The zero-order valence-electron chi connectivity index (χ0n) is 8.06. The van der Waals surface area contributed by atoms with Gasteiger partial charge in [-0.1, -0.05) is 12.2 Å². The molecule has 2 N–H and O–H groups in total. The van der Waals surface area contributed by atoms with Crippen LogP contribution in [0.4, 0.5) is 0 Å². The minimum atomic E-state index is -1.09. The summed E-state index contributed by atoms with van der Waals surface area (Å²) in [5.41, 5.74) is 0. The van der Waals surface area contributed by atoms with E-state index in [1.165, 1.54) is 6.92 Å². The molecule has 0 saturated heterocycles. The zero-order chi connectivity index (χ0) is 10.7. The summed E-state index contributed by atoms with van der Waals surface area (Å²) < 4.78 is 5.28. The molecule has 0 bridgehead atoms. The summed E-state index contributed by atoms with van der Waals surface area (Å²) in [6.45, 7) is 3.08. The number of carbonyl (C=O) groups is 2. The van der Waals surface area contributed by atoms with E-state index in [0.717, 1.165) is 0 Å². The lowest BCUT2D eigenvalue weighted by Crippen LogP contribution is -2.47. The summed E-state index contributed by atoms with van der Waals surface area (Å²) >= 11 is 0. The van der Waals surface area contributed by atoms with E-state index in [1.807, 2.05) is 6.92 Å². The average molecular weight is 199 g/mol. The van der Waals surface area contributed by atoms with Gasteiger partial charge in [0.1, 0.15) is 6.10 Å². The second-order valence-corrected chi connectivity index (χ2v) is 3.21. The van der Waals surface area contributed by atoms with Gasteiger partial charge in [0, 0.05) is 6.92 Å². The molecule has 1 rings (SSSR count). The Morgan fingerprint density at radius 3 is 2.50 bits per heavy atom. The molecule has 1 amide bonds. The molecule has 78 valence electrons. The molecule has 1 aliphatic heterocycles. The lowest BCUT2D eigenvalue weighted by molar-refractivity contribution is -0.145. The third-order valence-electron chi connectivity index (χ3n) is 1.90. The fraction of sp³-hybridized carbons (Fsp3) is 0.556. The van der Waals surface area contributed by atoms with E-state index in [2.05, 4.69) is 5.32 Å². The number of rotatable bonds is 3. The van der Waals surface area contributed by atoms with Crippen LogP contribution in [-0.2, 0) is 14.3 Å². The molecular weight excluding hydrogens is 186 g/mol. The first-order chi connectivity index (χ1) is 6.50. The summed E-state index contributed by atoms with van der Waals surface area (Å²) in [5.74, 6) is -1.47. The van der Waals surface area contributed by atoms with Gasteiger partial charge in [0.05, 0.1) is 6.10 Å². The highest BCUT2D eigenvalue weighted by Gasteiger charge is 2.31. The molecule has 1 heterocycles. The van der Waals surface area contributed by atoms with Crippen molar-refractivity contribution in [3.63, 3.8) is 0 Å². The van der Waals surface area contributed by atoms with Crippen LogP contribution in [0, 0.1) is 0 Å². The summed E-state index contributed by atoms with van der Waals surface area (Å²) in [4.78, 5) is 21.5. The summed E-state index contributed by atoms with van der Waals surface area (Å²) in [7, 11) is 0. The second kappa shape index (κ2) is 4.23. The van der Waals surface area contributed by atoms with E-state index in [0.29, 0.717) is 0 Å². The van der Waals surface area contributed by atoms with Gasteiger partial charge in [0.15, 0.2) is 6.04 Å². The van der Waals surface area contributed by atoms with Crippen LogP contribution in [0.25, 0.3) is 0 Å². The first kappa shape index (κ1) is 10.7. The number of ether oxygens (including phenoxy) is 1. The van der Waals surface area contributed by atoms with Gasteiger partial charge in [0.25, 0.3) is 0 Å². The molecule has 0 aromatic rings. The molecule has 1 aliphatic rings. The van der Waals surface area contributed by atoms with Crippen molar-refractivity contribution >= 4 is 11.9 Å². The van der Waals surface area contributed by atoms with Crippen LogP contribution in [0.1, 0.15) is 13.8 Å². The molecule has 0 radical (unpaired) electrons. The van der Waals surface area contributed by atoms with E-state index in [1.54, 1.807) is 12.2 Å². The number of carboxylic acids is 1. The van der Waals surface area contributed by atoms with Crippen LogP contribution >= 0.6 is 0 Å². The lowest BCUT2D eigenvalue weighted by atomic mass is 10.1. The molecule has 0 fully saturated rings. The number of aliphatic carboxylic acids is 1. The summed E-state index contributed by atoms with van der Waals surface area (Å²) in [6, 6.07) is -1.01. The molecule has 0 saturated carbocycles. The van der Waals surface area contributed by atoms with Crippen molar-refractivity contribution in [2.24, 2.45) is 0 Å². The highest BCUT2D eigenvalue weighted by molar-refractivity contribution is 5.82. The Bertz CT molecular complexity index is 274. The number of carboxylic acid groups (broad SMARTS) is 1. The van der Waals surface area contributed by atoms with E-state index in [-0.39, 0.29) is 12.0 Å². The molecule has 0 spiro atoms. The third-order valence-corrected chi connectivity index (χ3v) is 1.90. The second-order valence-electron chi connectivity index (χ2n) is 3.21. The predicted octanol–water partition coefficient (Wildman–Crippen LogP) is -0.0808. The maximum Gasteiger partial charge on any atom is 0.329 e. The number of hydrogen-bond acceptors (Lipinski definition) is 3. The van der Waals surface area contributed by atoms with Crippen LogP contribution in [0.15, 0.2) is 12.2 Å². The van der Waals surface area contributed by atoms with Crippen molar-refractivity contribution in [1.82, 2.24) is 5.32 Å². The molecule has 0 unspecified atom stereocenters. The Hall–Kier alpha value is -1.36. The Morgan fingerprint density at radius 2 is 2.14 bits per heavy atom. The normalized spacial score (nSPS) is 27.3. The standard InChI is InChI=1S/C9H13NO4/c1-5-3-4-7(14-5)8(9(12)13)10-6(2)11/h3-5,7-8H,1-2H3,(H,10,11)(H,12,13)/t5-,7+,8-/m0/s1. The van der Waals surface area contributed by atoms with Crippen LogP contribution < -0.4 is 5.32 Å². The Morgan fingerprint density at radius 1 is 1.50 bits per heavy atom. The third kappa shape index (κ3) is 2.56. The topological polar surface area (TPSA) is 75.6 Å². The highest BCUT2D eigenvalue weighted by Crippen LogP contribution is 2.14. The number of nitrogens with one attached hydrogen (secondary N) is 1. The molecule has 5 heteroatoms. The van der Waals surface area contributed by atoms with Crippen molar-refractivity contribution in [3.8, 4) is 0 Å². The molecule has 0 aliphatic carbocycles.